The van der Waals surface area contributed by atoms with Gasteiger partial charge in [-0.05, 0) is 34.6 Å². The van der Waals surface area contributed by atoms with Gasteiger partial charge in [-0.15, -0.1) is 23.2 Å². The van der Waals surface area contributed by atoms with Crippen molar-refractivity contribution in [2.75, 3.05) is 0 Å². The number of hydrogen-bond donors (Lipinski definition) is 0. The molecule has 0 spiro atoms. The molecule has 0 aliphatic rings. The van der Waals surface area contributed by atoms with Gasteiger partial charge in [-0.3, -0.25) is 0 Å². The standard InChI is InChI=1S/C6H14O.C2H4Cl2/c1-5(2)7-6(3)4;1-2(3)4/h5-6H,1-4H3;2H,1H3. The van der Waals surface area contributed by atoms with Crippen molar-refractivity contribution in [3.63, 3.8) is 0 Å². The molecule has 0 amide bonds. The molecule has 3 heteroatoms. The molecule has 0 saturated carbocycles. The van der Waals surface area contributed by atoms with Gasteiger partial charge in [0.2, 0.25) is 0 Å². The molecule has 0 aromatic carbocycles. The first kappa shape index (κ1) is 14.1. The van der Waals surface area contributed by atoms with Crippen LogP contribution in [0.2, 0.25) is 0 Å². The minimum Gasteiger partial charge on any atom is -0.376 e. The third kappa shape index (κ3) is 37.3. The van der Waals surface area contributed by atoms with Crippen LogP contribution in [0.3, 0.4) is 0 Å². The van der Waals surface area contributed by atoms with Crippen molar-refractivity contribution in [2.45, 2.75) is 51.7 Å². The van der Waals surface area contributed by atoms with Crippen LogP contribution in [0.5, 0.6) is 0 Å². The van der Waals surface area contributed by atoms with Crippen molar-refractivity contribution < 1.29 is 4.74 Å². The summed E-state index contributed by atoms with van der Waals surface area (Å²) in [5.74, 6) is 0. The van der Waals surface area contributed by atoms with Crippen LogP contribution in [0.25, 0.3) is 0 Å². The van der Waals surface area contributed by atoms with Crippen molar-refractivity contribution >= 4 is 23.2 Å². The normalized spacial score (nSPS) is 10.4. The van der Waals surface area contributed by atoms with Crippen LogP contribution in [0.15, 0.2) is 0 Å². The Labute approximate surface area is 80.0 Å². The molecular formula is C8H18Cl2O. The minimum absolute atomic E-state index is 0.222. The largest absolute Gasteiger partial charge is 0.376 e. The molecule has 0 radical (unpaired) electrons. The molecule has 0 unspecified atom stereocenters. The fraction of sp³-hybridized carbons (Fsp3) is 1.00. The zero-order valence-corrected chi connectivity index (χ0v) is 9.41. The van der Waals surface area contributed by atoms with Gasteiger partial charge in [0.15, 0.2) is 0 Å². The Morgan fingerprint density at radius 3 is 1.00 bits per heavy atom. The lowest BCUT2D eigenvalue weighted by Gasteiger charge is -2.09. The molecule has 0 heterocycles. The first-order chi connectivity index (χ1) is 4.86. The van der Waals surface area contributed by atoms with Gasteiger partial charge in [0.1, 0.15) is 4.84 Å². The maximum absolute atomic E-state index is 5.25. The first-order valence-corrected chi connectivity index (χ1v) is 4.67. The average Bonchev–Trinajstić information content (AvgIpc) is 1.56. The van der Waals surface area contributed by atoms with Crippen molar-refractivity contribution in [3.05, 3.63) is 0 Å². The van der Waals surface area contributed by atoms with Crippen LogP contribution >= 0.6 is 23.2 Å². The number of halogens is 2. The summed E-state index contributed by atoms with van der Waals surface area (Å²) < 4.78 is 5.25. The van der Waals surface area contributed by atoms with Crippen LogP contribution in [0.1, 0.15) is 34.6 Å². The smallest absolute Gasteiger partial charge is 0.105 e. The Hall–Kier alpha value is 0.540. The predicted octanol–water partition coefficient (Wildman–Crippen LogP) is 3.63. The summed E-state index contributed by atoms with van der Waals surface area (Å²) in [6, 6.07) is 0. The Bertz CT molecular complexity index is 63.7. The highest BCUT2D eigenvalue weighted by molar-refractivity contribution is 6.43. The summed E-state index contributed by atoms with van der Waals surface area (Å²) in [5, 5.41) is 0. The fourth-order valence-corrected chi connectivity index (χ4v) is 0.544. The van der Waals surface area contributed by atoms with Crippen LogP contribution in [-0.4, -0.2) is 17.0 Å². The summed E-state index contributed by atoms with van der Waals surface area (Å²) in [5.41, 5.74) is 0. The lowest BCUT2D eigenvalue weighted by molar-refractivity contribution is 0.0300. The molecule has 0 N–H and O–H groups in total. The highest BCUT2D eigenvalue weighted by Gasteiger charge is 1.94. The third-order valence-electron chi connectivity index (χ3n) is 0.544. The fourth-order valence-electron chi connectivity index (χ4n) is 0.544. The monoisotopic (exact) mass is 200 g/mol. The quantitative estimate of drug-likeness (QED) is 0.620. The lowest BCUT2D eigenvalue weighted by Crippen LogP contribution is -2.09. The molecule has 70 valence electrons. The van der Waals surface area contributed by atoms with Crippen molar-refractivity contribution in [2.24, 2.45) is 0 Å². The van der Waals surface area contributed by atoms with E-state index < -0.39 is 0 Å². The molecule has 0 aliphatic carbocycles. The van der Waals surface area contributed by atoms with Crippen LogP contribution in [-0.2, 0) is 4.74 Å². The van der Waals surface area contributed by atoms with E-state index in [4.69, 9.17) is 27.9 Å². The molecular weight excluding hydrogens is 183 g/mol. The van der Waals surface area contributed by atoms with E-state index in [0.717, 1.165) is 0 Å². The number of ether oxygens (including phenoxy) is 1. The van der Waals surface area contributed by atoms with Gasteiger partial charge >= 0.3 is 0 Å². The molecule has 0 rings (SSSR count). The number of alkyl halides is 2. The first-order valence-electron chi connectivity index (χ1n) is 3.79. The minimum atomic E-state index is -0.222. The van der Waals surface area contributed by atoms with Gasteiger partial charge < -0.3 is 4.74 Å². The van der Waals surface area contributed by atoms with E-state index >= 15 is 0 Å². The van der Waals surface area contributed by atoms with Gasteiger partial charge in [-0.2, -0.15) is 0 Å². The van der Waals surface area contributed by atoms with Crippen molar-refractivity contribution in [3.8, 4) is 0 Å². The second-order valence-corrected chi connectivity index (χ2v) is 4.29. The highest BCUT2D eigenvalue weighted by Crippen LogP contribution is 1.95. The Kier molecular flexibility index (Phi) is 11.1. The number of rotatable bonds is 2. The summed E-state index contributed by atoms with van der Waals surface area (Å²) in [7, 11) is 0. The molecule has 0 atom stereocenters. The molecule has 0 aliphatic heterocycles. The maximum atomic E-state index is 5.25. The van der Waals surface area contributed by atoms with Crippen LogP contribution in [0.4, 0.5) is 0 Å². The summed E-state index contributed by atoms with van der Waals surface area (Å²) >= 11 is 10.1. The van der Waals surface area contributed by atoms with Crippen molar-refractivity contribution in [1.29, 1.82) is 0 Å². The van der Waals surface area contributed by atoms with Gasteiger partial charge in [-0.1, -0.05) is 0 Å². The molecule has 0 aromatic rings. The molecule has 1 nitrogen and oxygen atoms in total. The Morgan fingerprint density at radius 1 is 0.818 bits per heavy atom. The van der Waals surface area contributed by atoms with E-state index in [1.54, 1.807) is 6.92 Å². The molecule has 0 fully saturated rings. The molecule has 11 heavy (non-hydrogen) atoms. The van der Waals surface area contributed by atoms with E-state index in [0.29, 0.717) is 12.2 Å². The van der Waals surface area contributed by atoms with E-state index in [1.165, 1.54) is 0 Å². The maximum Gasteiger partial charge on any atom is 0.105 e. The van der Waals surface area contributed by atoms with E-state index in [1.807, 2.05) is 27.7 Å². The summed E-state index contributed by atoms with van der Waals surface area (Å²) in [6.45, 7) is 9.86. The third-order valence-corrected chi connectivity index (χ3v) is 0.544. The number of hydrogen-bond acceptors (Lipinski definition) is 1. The average molecular weight is 201 g/mol. The van der Waals surface area contributed by atoms with E-state index in [-0.39, 0.29) is 4.84 Å². The zero-order valence-electron chi connectivity index (χ0n) is 7.90. The van der Waals surface area contributed by atoms with E-state index in [2.05, 4.69) is 0 Å². The highest BCUT2D eigenvalue weighted by atomic mass is 35.5. The summed E-state index contributed by atoms with van der Waals surface area (Å²) in [6.07, 6.45) is 0.750. The van der Waals surface area contributed by atoms with Gasteiger partial charge in [-0.25, -0.2) is 0 Å². The van der Waals surface area contributed by atoms with Gasteiger partial charge in [0.25, 0.3) is 0 Å². The summed E-state index contributed by atoms with van der Waals surface area (Å²) in [4.78, 5) is -0.222. The van der Waals surface area contributed by atoms with Gasteiger partial charge in [0.05, 0.1) is 12.2 Å². The predicted molar refractivity (Wildman–Crippen MR) is 52.5 cm³/mol. The van der Waals surface area contributed by atoms with E-state index in [9.17, 15) is 0 Å². The molecule has 0 aromatic heterocycles. The van der Waals surface area contributed by atoms with Crippen LogP contribution < -0.4 is 0 Å². The molecule has 0 saturated heterocycles. The zero-order chi connectivity index (χ0) is 9.44. The Balaban J connectivity index is 0. The topological polar surface area (TPSA) is 9.23 Å². The van der Waals surface area contributed by atoms with Crippen LogP contribution in [0, 0.1) is 0 Å². The van der Waals surface area contributed by atoms with Crippen molar-refractivity contribution in [1.82, 2.24) is 0 Å². The second-order valence-electron chi connectivity index (χ2n) is 2.75. The Morgan fingerprint density at radius 2 is 1.00 bits per heavy atom. The second kappa shape index (κ2) is 8.63. The molecule has 0 bridgehead atoms. The lowest BCUT2D eigenvalue weighted by atomic mass is 10.4. The SMILES string of the molecule is CC(C)OC(C)C.CC(Cl)Cl. The van der Waals surface area contributed by atoms with Gasteiger partial charge in [0, 0.05) is 0 Å².